The van der Waals surface area contributed by atoms with Crippen LogP contribution >= 0.6 is 0 Å². The van der Waals surface area contributed by atoms with Crippen molar-refractivity contribution in [2.75, 3.05) is 13.1 Å². The third-order valence-electron chi connectivity index (χ3n) is 3.61. The highest BCUT2D eigenvalue weighted by atomic mass is 16.5. The molecule has 0 aromatic carbocycles. The standard InChI is InChI=1S/C15H27N3O2/c1-10-8-18(9-15(6,7)19-10)11(2)12-16-13(17-20-12)14(3,4)5/h10-11H,8-9H2,1-7H3. The largest absolute Gasteiger partial charge is 0.370 e. The minimum atomic E-state index is -0.140. The molecule has 1 saturated heterocycles. The minimum absolute atomic E-state index is 0.0843. The van der Waals surface area contributed by atoms with Gasteiger partial charge in [0.25, 0.3) is 0 Å². The van der Waals surface area contributed by atoms with E-state index in [1.807, 2.05) is 0 Å². The zero-order valence-corrected chi connectivity index (χ0v) is 13.7. The summed E-state index contributed by atoms with van der Waals surface area (Å²) in [5.74, 6) is 1.46. The van der Waals surface area contributed by atoms with E-state index < -0.39 is 0 Å². The fourth-order valence-electron chi connectivity index (χ4n) is 2.66. The van der Waals surface area contributed by atoms with Crippen LogP contribution in [-0.4, -0.2) is 39.8 Å². The molecule has 1 aliphatic heterocycles. The van der Waals surface area contributed by atoms with Gasteiger partial charge in [0, 0.05) is 18.5 Å². The van der Waals surface area contributed by atoms with Gasteiger partial charge in [-0.15, -0.1) is 0 Å². The van der Waals surface area contributed by atoms with Crippen molar-refractivity contribution in [2.24, 2.45) is 0 Å². The molecule has 1 aliphatic rings. The Morgan fingerprint density at radius 3 is 2.50 bits per heavy atom. The van der Waals surface area contributed by atoms with E-state index in [0.717, 1.165) is 18.9 Å². The number of aromatic nitrogens is 2. The highest BCUT2D eigenvalue weighted by Crippen LogP contribution is 2.29. The summed E-state index contributed by atoms with van der Waals surface area (Å²) in [6.07, 6.45) is 0.214. The number of nitrogens with zero attached hydrogens (tertiary/aromatic N) is 3. The molecule has 2 atom stereocenters. The normalized spacial score (nSPS) is 25.6. The Morgan fingerprint density at radius 2 is 2.00 bits per heavy atom. The summed E-state index contributed by atoms with van der Waals surface area (Å²) in [6, 6.07) is 0.115. The molecule has 0 bridgehead atoms. The number of morpholine rings is 1. The van der Waals surface area contributed by atoms with Crippen LogP contribution in [0.5, 0.6) is 0 Å². The molecule has 0 amide bonds. The van der Waals surface area contributed by atoms with Crippen LogP contribution in [0.3, 0.4) is 0 Å². The third-order valence-corrected chi connectivity index (χ3v) is 3.61. The third kappa shape index (κ3) is 3.38. The maximum absolute atomic E-state index is 5.94. The molecule has 2 heterocycles. The van der Waals surface area contributed by atoms with Crippen LogP contribution in [0.1, 0.15) is 66.2 Å². The summed E-state index contributed by atoms with van der Waals surface area (Å²) in [5, 5.41) is 4.11. The molecule has 0 N–H and O–H groups in total. The first-order valence-corrected chi connectivity index (χ1v) is 7.34. The number of rotatable bonds is 2. The van der Waals surface area contributed by atoms with Gasteiger partial charge in [0.15, 0.2) is 5.82 Å². The minimum Gasteiger partial charge on any atom is -0.370 e. The maximum Gasteiger partial charge on any atom is 0.243 e. The summed E-state index contributed by atoms with van der Waals surface area (Å²) < 4.78 is 11.4. The predicted octanol–water partition coefficient (Wildman–Crippen LogP) is 2.93. The lowest BCUT2D eigenvalue weighted by Gasteiger charge is -2.43. The van der Waals surface area contributed by atoms with Gasteiger partial charge < -0.3 is 9.26 Å². The molecule has 0 aliphatic carbocycles. The van der Waals surface area contributed by atoms with Crippen LogP contribution in [0.2, 0.25) is 0 Å². The first-order chi connectivity index (χ1) is 9.08. The van der Waals surface area contributed by atoms with Gasteiger partial charge >= 0.3 is 0 Å². The quantitative estimate of drug-likeness (QED) is 0.834. The summed E-state index contributed by atoms with van der Waals surface area (Å²) in [6.45, 7) is 16.5. The van der Waals surface area contributed by atoms with Crippen LogP contribution in [0.4, 0.5) is 0 Å². The van der Waals surface area contributed by atoms with E-state index in [2.05, 4.69) is 63.5 Å². The zero-order chi connectivity index (χ0) is 15.1. The number of hydrogen-bond acceptors (Lipinski definition) is 5. The Kier molecular flexibility index (Phi) is 3.95. The Labute approximate surface area is 121 Å². The average Bonchev–Trinajstić information content (AvgIpc) is 2.73. The first kappa shape index (κ1) is 15.4. The lowest BCUT2D eigenvalue weighted by atomic mass is 9.96. The second-order valence-electron chi connectivity index (χ2n) is 7.50. The van der Waals surface area contributed by atoms with E-state index in [9.17, 15) is 0 Å². The Hall–Kier alpha value is -0.940. The van der Waals surface area contributed by atoms with E-state index in [4.69, 9.17) is 9.26 Å². The second kappa shape index (κ2) is 5.11. The van der Waals surface area contributed by atoms with Crippen molar-refractivity contribution in [2.45, 2.75) is 71.6 Å². The van der Waals surface area contributed by atoms with E-state index in [-0.39, 0.29) is 23.2 Å². The summed E-state index contributed by atoms with van der Waals surface area (Å²) >= 11 is 0. The van der Waals surface area contributed by atoms with Gasteiger partial charge in [-0.05, 0) is 27.7 Å². The molecule has 0 spiro atoms. The van der Waals surface area contributed by atoms with Crippen LogP contribution in [0, 0.1) is 0 Å². The molecule has 2 rings (SSSR count). The van der Waals surface area contributed by atoms with Gasteiger partial charge in [-0.2, -0.15) is 4.98 Å². The monoisotopic (exact) mass is 281 g/mol. The van der Waals surface area contributed by atoms with Crippen LogP contribution < -0.4 is 0 Å². The van der Waals surface area contributed by atoms with E-state index >= 15 is 0 Å². The molecule has 1 aromatic heterocycles. The topological polar surface area (TPSA) is 51.4 Å². The first-order valence-electron chi connectivity index (χ1n) is 7.34. The molecule has 20 heavy (non-hydrogen) atoms. The predicted molar refractivity (Wildman–Crippen MR) is 77.6 cm³/mol. The number of hydrogen-bond donors (Lipinski definition) is 0. The van der Waals surface area contributed by atoms with Crippen LogP contribution in [0.15, 0.2) is 4.52 Å². The Morgan fingerprint density at radius 1 is 1.35 bits per heavy atom. The van der Waals surface area contributed by atoms with Crippen LogP contribution in [-0.2, 0) is 10.2 Å². The van der Waals surface area contributed by atoms with Gasteiger partial charge in [0.1, 0.15) is 0 Å². The van der Waals surface area contributed by atoms with E-state index in [1.165, 1.54) is 0 Å². The maximum atomic E-state index is 5.94. The van der Waals surface area contributed by atoms with Crippen molar-refractivity contribution in [1.82, 2.24) is 15.0 Å². The van der Waals surface area contributed by atoms with Crippen molar-refractivity contribution in [1.29, 1.82) is 0 Å². The summed E-state index contributed by atoms with van der Waals surface area (Å²) in [7, 11) is 0. The Bertz CT molecular complexity index is 462. The molecular weight excluding hydrogens is 254 g/mol. The molecular formula is C15H27N3O2. The molecule has 5 heteroatoms. The van der Waals surface area contributed by atoms with Crippen molar-refractivity contribution >= 4 is 0 Å². The highest BCUT2D eigenvalue weighted by molar-refractivity contribution is 5.02. The summed E-state index contributed by atoms with van der Waals surface area (Å²) in [5.41, 5.74) is -0.224. The fourth-order valence-corrected chi connectivity index (χ4v) is 2.66. The molecule has 5 nitrogen and oxygen atoms in total. The van der Waals surface area contributed by atoms with Crippen molar-refractivity contribution in [3.05, 3.63) is 11.7 Å². The average molecular weight is 281 g/mol. The summed E-state index contributed by atoms with van der Waals surface area (Å²) in [4.78, 5) is 6.92. The van der Waals surface area contributed by atoms with Gasteiger partial charge in [-0.25, -0.2) is 0 Å². The molecule has 1 fully saturated rings. The van der Waals surface area contributed by atoms with Crippen LogP contribution in [0.25, 0.3) is 0 Å². The molecule has 1 aromatic rings. The van der Waals surface area contributed by atoms with Crippen molar-refractivity contribution < 1.29 is 9.26 Å². The van der Waals surface area contributed by atoms with E-state index in [0.29, 0.717) is 5.89 Å². The lowest BCUT2D eigenvalue weighted by molar-refractivity contribution is -0.139. The molecule has 114 valence electrons. The number of ether oxygens (including phenoxy) is 1. The van der Waals surface area contributed by atoms with Gasteiger partial charge in [0.05, 0.1) is 17.7 Å². The molecule has 0 saturated carbocycles. The van der Waals surface area contributed by atoms with E-state index in [1.54, 1.807) is 0 Å². The second-order valence-corrected chi connectivity index (χ2v) is 7.50. The van der Waals surface area contributed by atoms with Crippen molar-refractivity contribution in [3.8, 4) is 0 Å². The fraction of sp³-hybridized carbons (Fsp3) is 0.867. The smallest absolute Gasteiger partial charge is 0.243 e. The van der Waals surface area contributed by atoms with Crippen molar-refractivity contribution in [3.63, 3.8) is 0 Å². The van der Waals surface area contributed by atoms with Gasteiger partial charge in [-0.3, -0.25) is 4.90 Å². The molecule has 0 radical (unpaired) electrons. The highest BCUT2D eigenvalue weighted by Gasteiger charge is 2.35. The zero-order valence-electron chi connectivity index (χ0n) is 13.7. The molecule has 2 unspecified atom stereocenters. The van der Waals surface area contributed by atoms with Gasteiger partial charge in [0.2, 0.25) is 5.89 Å². The van der Waals surface area contributed by atoms with Gasteiger partial charge in [-0.1, -0.05) is 25.9 Å². The lowest BCUT2D eigenvalue weighted by Crippen LogP contribution is -2.52. The Balaban J connectivity index is 2.14. The SMILES string of the molecule is CC1CN(C(C)c2nc(C(C)(C)C)no2)CC(C)(C)O1.